The van der Waals surface area contributed by atoms with Crippen molar-refractivity contribution >= 4 is 17.9 Å². The molecule has 1 aliphatic rings. The lowest BCUT2D eigenvalue weighted by Gasteiger charge is -2.45. The van der Waals surface area contributed by atoms with Crippen LogP contribution in [0.1, 0.15) is 28.2 Å². The molecule has 3 nitrogen and oxygen atoms in total. The average Bonchev–Trinajstić information content (AvgIpc) is 2.48. The maximum absolute atomic E-state index is 12.7. The van der Waals surface area contributed by atoms with Gasteiger partial charge < -0.3 is 4.79 Å². The number of nitrogens with zero attached hydrogens (tertiary/aromatic N) is 1. The van der Waals surface area contributed by atoms with Crippen LogP contribution < -0.4 is 4.90 Å². The van der Waals surface area contributed by atoms with Crippen LogP contribution in [0.5, 0.6) is 0 Å². The third kappa shape index (κ3) is 2.13. The van der Waals surface area contributed by atoms with Crippen LogP contribution in [0.2, 0.25) is 0 Å². The van der Waals surface area contributed by atoms with Crippen molar-refractivity contribution in [3.8, 4) is 0 Å². The number of amides is 1. The largest absolute Gasteiger partial charge is 0.301 e. The number of carbonyl (C=O) groups is 2. The van der Waals surface area contributed by atoms with Gasteiger partial charge in [0, 0.05) is 0 Å². The molecule has 1 aliphatic heterocycles. The molecule has 0 N–H and O–H groups in total. The fourth-order valence-corrected chi connectivity index (χ4v) is 3.46. The van der Waals surface area contributed by atoms with Gasteiger partial charge in [-0.2, -0.15) is 0 Å². The molecule has 2 atom stereocenters. The zero-order valence-electron chi connectivity index (χ0n) is 13.0. The first-order valence-corrected chi connectivity index (χ1v) is 7.45. The Hall–Kier alpha value is -2.42. The Kier molecular flexibility index (Phi) is 3.57. The summed E-state index contributed by atoms with van der Waals surface area (Å²) in [7, 11) is 0. The van der Waals surface area contributed by atoms with E-state index in [0.717, 1.165) is 34.2 Å². The first-order chi connectivity index (χ1) is 10.5. The molecule has 112 valence electrons. The number of benzene rings is 2. The van der Waals surface area contributed by atoms with Gasteiger partial charge in [-0.05, 0) is 37.5 Å². The van der Waals surface area contributed by atoms with Gasteiger partial charge in [0.1, 0.15) is 12.3 Å². The first-order valence-electron chi connectivity index (χ1n) is 7.45. The summed E-state index contributed by atoms with van der Waals surface area (Å²) in [6.45, 7) is 6.01. The van der Waals surface area contributed by atoms with E-state index in [9.17, 15) is 9.59 Å². The highest BCUT2D eigenvalue weighted by Gasteiger charge is 2.49. The molecule has 0 radical (unpaired) electrons. The third-order valence-corrected chi connectivity index (χ3v) is 4.32. The van der Waals surface area contributed by atoms with Gasteiger partial charge in [0.05, 0.1) is 11.6 Å². The molecule has 0 aliphatic carbocycles. The molecule has 0 saturated carbocycles. The van der Waals surface area contributed by atoms with E-state index in [1.54, 1.807) is 4.90 Å². The van der Waals surface area contributed by atoms with Crippen molar-refractivity contribution in [2.75, 3.05) is 4.90 Å². The average molecular weight is 293 g/mol. The van der Waals surface area contributed by atoms with E-state index in [-0.39, 0.29) is 11.8 Å². The fourth-order valence-electron chi connectivity index (χ4n) is 3.46. The summed E-state index contributed by atoms with van der Waals surface area (Å²) in [4.78, 5) is 25.9. The van der Waals surface area contributed by atoms with Crippen LogP contribution >= 0.6 is 0 Å². The SMILES string of the molecule is Cc1cc(C)c(N2C(=O)[C@H](c3ccccc3)[C@@H]2C=O)c(C)c1. The van der Waals surface area contributed by atoms with Gasteiger partial charge >= 0.3 is 0 Å². The quantitative estimate of drug-likeness (QED) is 0.643. The molecule has 3 rings (SSSR count). The molecular formula is C19H19NO2. The summed E-state index contributed by atoms with van der Waals surface area (Å²) in [6, 6.07) is 13.2. The second-order valence-electron chi connectivity index (χ2n) is 5.97. The van der Waals surface area contributed by atoms with E-state index in [1.807, 2.05) is 63.2 Å². The van der Waals surface area contributed by atoms with Gasteiger partial charge in [0.15, 0.2) is 0 Å². The van der Waals surface area contributed by atoms with Crippen molar-refractivity contribution < 1.29 is 9.59 Å². The van der Waals surface area contributed by atoms with Gasteiger partial charge in [-0.25, -0.2) is 0 Å². The minimum Gasteiger partial charge on any atom is -0.301 e. The van der Waals surface area contributed by atoms with E-state index in [4.69, 9.17) is 0 Å². The minimum atomic E-state index is -0.421. The highest BCUT2D eigenvalue weighted by molar-refractivity contribution is 6.12. The normalized spacial score (nSPS) is 20.7. The molecule has 1 saturated heterocycles. The van der Waals surface area contributed by atoms with Crippen LogP contribution in [0.3, 0.4) is 0 Å². The Morgan fingerprint density at radius 3 is 2.14 bits per heavy atom. The highest BCUT2D eigenvalue weighted by atomic mass is 16.2. The summed E-state index contributed by atoms with van der Waals surface area (Å²) >= 11 is 0. The molecular weight excluding hydrogens is 274 g/mol. The summed E-state index contributed by atoms with van der Waals surface area (Å²) in [6.07, 6.45) is 0.887. The molecule has 1 heterocycles. The lowest BCUT2D eigenvalue weighted by atomic mass is 9.81. The second kappa shape index (κ2) is 5.41. The van der Waals surface area contributed by atoms with Crippen molar-refractivity contribution in [1.82, 2.24) is 0 Å². The smallest absolute Gasteiger partial charge is 0.237 e. The highest BCUT2D eigenvalue weighted by Crippen LogP contribution is 2.41. The molecule has 1 amide bonds. The molecule has 1 fully saturated rings. The van der Waals surface area contributed by atoms with Gasteiger partial charge in [-0.1, -0.05) is 48.0 Å². The summed E-state index contributed by atoms with van der Waals surface area (Å²) < 4.78 is 0. The van der Waals surface area contributed by atoms with Gasteiger partial charge in [0.25, 0.3) is 0 Å². The number of aldehydes is 1. The number of aryl methyl sites for hydroxylation is 3. The molecule has 0 bridgehead atoms. The predicted molar refractivity (Wildman–Crippen MR) is 87.2 cm³/mol. The number of hydrogen-bond donors (Lipinski definition) is 0. The topological polar surface area (TPSA) is 37.4 Å². The Labute approximate surface area is 130 Å². The Bertz CT molecular complexity index is 713. The Balaban J connectivity index is 2.01. The summed E-state index contributed by atoms with van der Waals surface area (Å²) in [5, 5.41) is 0. The van der Waals surface area contributed by atoms with E-state index in [2.05, 4.69) is 0 Å². The maximum Gasteiger partial charge on any atom is 0.237 e. The first kappa shape index (κ1) is 14.5. The van der Waals surface area contributed by atoms with Crippen LogP contribution in [0.4, 0.5) is 5.69 Å². The van der Waals surface area contributed by atoms with Crippen molar-refractivity contribution in [2.24, 2.45) is 0 Å². The van der Waals surface area contributed by atoms with Gasteiger partial charge in [0.2, 0.25) is 5.91 Å². The number of β-lactam (4-membered cyclic amide) rings is 1. The molecule has 0 spiro atoms. The molecule has 2 aromatic carbocycles. The van der Waals surface area contributed by atoms with Gasteiger partial charge in [-0.15, -0.1) is 0 Å². The molecule has 0 aromatic heterocycles. The molecule has 2 aromatic rings. The zero-order chi connectivity index (χ0) is 15.9. The maximum atomic E-state index is 12.7. The fraction of sp³-hybridized carbons (Fsp3) is 0.263. The van der Waals surface area contributed by atoms with E-state index >= 15 is 0 Å². The summed E-state index contributed by atoms with van der Waals surface area (Å²) in [5.41, 5.74) is 5.01. The van der Waals surface area contributed by atoms with Crippen molar-refractivity contribution in [1.29, 1.82) is 0 Å². The predicted octanol–water partition coefficient (Wildman–Crippen LogP) is 3.31. The summed E-state index contributed by atoms with van der Waals surface area (Å²) in [5.74, 6) is -0.364. The molecule has 3 heteroatoms. The molecule has 0 unspecified atom stereocenters. The van der Waals surface area contributed by atoms with Crippen LogP contribution in [0, 0.1) is 20.8 Å². The lowest BCUT2D eigenvalue weighted by Crippen LogP contribution is -2.61. The van der Waals surface area contributed by atoms with Crippen LogP contribution in [-0.2, 0) is 9.59 Å². The van der Waals surface area contributed by atoms with Crippen LogP contribution in [0.15, 0.2) is 42.5 Å². The van der Waals surface area contributed by atoms with Crippen molar-refractivity contribution in [3.63, 3.8) is 0 Å². The standard InChI is InChI=1S/C19H19NO2/c1-12-9-13(2)18(14(3)10-12)20-16(11-21)17(19(20)22)15-7-5-4-6-8-15/h4-11,16-17H,1-3H3/t16-,17+/m0/s1. The number of carbonyl (C=O) groups excluding carboxylic acids is 2. The van der Waals surface area contributed by atoms with Crippen molar-refractivity contribution in [3.05, 3.63) is 64.7 Å². The Morgan fingerprint density at radius 1 is 1.00 bits per heavy atom. The zero-order valence-corrected chi connectivity index (χ0v) is 13.0. The second-order valence-corrected chi connectivity index (χ2v) is 5.97. The van der Waals surface area contributed by atoms with Gasteiger partial charge in [-0.3, -0.25) is 9.69 Å². The third-order valence-electron chi connectivity index (χ3n) is 4.32. The number of anilines is 1. The monoisotopic (exact) mass is 293 g/mol. The molecule has 22 heavy (non-hydrogen) atoms. The Morgan fingerprint density at radius 2 is 1.59 bits per heavy atom. The number of hydrogen-bond acceptors (Lipinski definition) is 2. The lowest BCUT2D eigenvalue weighted by molar-refractivity contribution is -0.130. The van der Waals surface area contributed by atoms with E-state index in [1.165, 1.54) is 0 Å². The van der Waals surface area contributed by atoms with Crippen LogP contribution in [-0.4, -0.2) is 18.2 Å². The van der Waals surface area contributed by atoms with Crippen LogP contribution in [0.25, 0.3) is 0 Å². The number of rotatable bonds is 3. The minimum absolute atomic E-state index is 0.00152. The van der Waals surface area contributed by atoms with E-state index < -0.39 is 6.04 Å². The van der Waals surface area contributed by atoms with E-state index in [0.29, 0.717) is 0 Å². The van der Waals surface area contributed by atoms with Crippen molar-refractivity contribution in [2.45, 2.75) is 32.7 Å².